The number of carbonyl (C=O) groups is 2. The van der Waals surface area contributed by atoms with Crippen LogP contribution in [0.25, 0.3) is 0 Å². The number of rotatable bonds is 42. The van der Waals surface area contributed by atoms with Crippen molar-refractivity contribution in [3.05, 3.63) is 48.6 Å². The normalized spacial score (nSPS) is 13.7. The maximum Gasteiger partial charge on any atom is 0.472 e. The smallest absolute Gasteiger partial charge is 0.463 e. The van der Waals surface area contributed by atoms with Gasteiger partial charge in [-0.3, -0.25) is 18.6 Å². The molecule has 2 unspecified atom stereocenters. The van der Waals surface area contributed by atoms with Gasteiger partial charge in [-0.2, -0.15) is 0 Å². The number of allylic oxidation sites excluding steroid dienone is 8. The van der Waals surface area contributed by atoms with Crippen LogP contribution in [-0.2, 0) is 27.9 Å². The van der Waals surface area contributed by atoms with Gasteiger partial charge in [0, 0.05) is 19.4 Å². The Morgan fingerprint density at radius 3 is 1.50 bits per heavy atom. The first-order valence-electron chi connectivity index (χ1n) is 22.6. The molecule has 0 aliphatic rings. The third kappa shape index (κ3) is 43.1. The Morgan fingerprint density at radius 2 is 0.964 bits per heavy atom. The Hall–Kier alpha value is -2.03. The van der Waals surface area contributed by atoms with Crippen LogP contribution in [0.1, 0.15) is 200 Å². The Kier molecular flexibility index (Phi) is 41.0. The molecular weight excluding hydrogens is 725 g/mol. The quantitative estimate of drug-likeness (QED) is 0.0240. The molecule has 56 heavy (non-hydrogen) atoms. The fourth-order valence-corrected chi connectivity index (χ4v) is 6.79. The van der Waals surface area contributed by atoms with Crippen molar-refractivity contribution in [2.24, 2.45) is 0 Å². The number of hydrogen-bond acceptors (Lipinski definition) is 7. The van der Waals surface area contributed by atoms with Crippen molar-refractivity contribution in [3.63, 3.8) is 0 Å². The topological polar surface area (TPSA) is 131 Å². The second kappa shape index (κ2) is 42.6. The third-order valence-electron chi connectivity index (χ3n) is 9.48. The van der Waals surface area contributed by atoms with Crippen LogP contribution in [0.5, 0.6) is 0 Å². The van der Waals surface area contributed by atoms with Crippen LogP contribution in [0.15, 0.2) is 48.6 Å². The maximum atomic E-state index is 12.1. The molecule has 0 aliphatic heterocycles. The van der Waals surface area contributed by atoms with Crippen LogP contribution >= 0.6 is 7.82 Å². The molecule has 0 aromatic heterocycles. The zero-order valence-corrected chi connectivity index (χ0v) is 36.7. The number of carbonyl (C=O) groups excluding carboxylic acids is 2. The first-order valence-corrected chi connectivity index (χ1v) is 24.1. The molecule has 0 saturated heterocycles. The lowest BCUT2D eigenvalue weighted by atomic mass is 10.1. The van der Waals surface area contributed by atoms with E-state index in [1.165, 1.54) is 96.3 Å². The molecule has 0 heterocycles. The second-order valence-electron chi connectivity index (χ2n) is 15.0. The number of unbranched alkanes of at least 4 members (excludes halogenated alkanes) is 21. The minimum Gasteiger partial charge on any atom is -0.463 e. The zero-order chi connectivity index (χ0) is 41.1. The Morgan fingerprint density at radius 1 is 0.554 bits per heavy atom. The Bertz CT molecular complexity index is 1060. The van der Waals surface area contributed by atoms with Crippen molar-refractivity contribution in [1.82, 2.24) is 5.32 Å². The zero-order valence-electron chi connectivity index (χ0n) is 35.8. The fraction of sp³-hybridized carbons (Fsp3) is 0.783. The van der Waals surface area contributed by atoms with Gasteiger partial charge in [0.05, 0.1) is 13.2 Å². The van der Waals surface area contributed by atoms with Crippen molar-refractivity contribution < 1.29 is 37.9 Å². The van der Waals surface area contributed by atoms with E-state index in [1.807, 2.05) is 0 Å². The van der Waals surface area contributed by atoms with Gasteiger partial charge in [0.25, 0.3) is 0 Å². The van der Waals surface area contributed by atoms with Gasteiger partial charge in [-0.15, -0.1) is 0 Å². The number of nitrogens with one attached hydrogen (secondary N) is 1. The number of ether oxygens (including phenoxy) is 1. The minimum atomic E-state index is -4.42. The number of phosphoric ester groups is 1. The molecule has 0 bridgehead atoms. The summed E-state index contributed by atoms with van der Waals surface area (Å²) in [5.41, 5.74) is 0. The van der Waals surface area contributed by atoms with Gasteiger partial charge in [0.2, 0.25) is 5.91 Å². The van der Waals surface area contributed by atoms with Crippen molar-refractivity contribution in [2.75, 3.05) is 26.4 Å². The standard InChI is InChI=1S/C46H84NO8P/c1-3-5-7-9-11-13-15-17-19-20-21-22-23-24-25-27-29-31-33-35-37-39-46(50)53-42-44(48)43-55-56(51,52)54-41-40-47-45(49)38-36-34-32-30-28-26-18-16-14-12-10-8-6-4-2/h11,13,16-19,21-22,44,48H,3-10,12,14-15,20,23-43H2,1-2H3,(H,47,49)(H,51,52)/b13-11-,18-16-,19-17-,22-21-. The molecule has 0 aromatic carbocycles. The summed E-state index contributed by atoms with van der Waals surface area (Å²) in [6.07, 6.45) is 48.9. The van der Waals surface area contributed by atoms with Crippen LogP contribution < -0.4 is 5.32 Å². The van der Waals surface area contributed by atoms with Gasteiger partial charge < -0.3 is 20.1 Å². The first-order chi connectivity index (χ1) is 27.3. The van der Waals surface area contributed by atoms with Gasteiger partial charge in [0.15, 0.2) is 0 Å². The predicted molar refractivity (Wildman–Crippen MR) is 234 cm³/mol. The molecule has 0 radical (unpaired) electrons. The first kappa shape index (κ1) is 54.0. The maximum absolute atomic E-state index is 12.1. The summed E-state index contributed by atoms with van der Waals surface area (Å²) >= 11 is 0. The molecule has 0 rings (SSSR count). The number of amides is 1. The second-order valence-corrected chi connectivity index (χ2v) is 16.5. The lowest BCUT2D eigenvalue weighted by molar-refractivity contribution is -0.147. The van der Waals surface area contributed by atoms with Crippen molar-refractivity contribution in [1.29, 1.82) is 0 Å². The lowest BCUT2D eigenvalue weighted by Gasteiger charge is -2.15. The Labute approximate surface area is 343 Å². The van der Waals surface area contributed by atoms with Crippen LogP contribution in [0, 0.1) is 0 Å². The molecule has 0 spiro atoms. The summed E-state index contributed by atoms with van der Waals surface area (Å²) in [4.78, 5) is 33.9. The van der Waals surface area contributed by atoms with Gasteiger partial charge in [-0.25, -0.2) is 4.57 Å². The van der Waals surface area contributed by atoms with E-state index in [9.17, 15) is 24.2 Å². The molecule has 0 aliphatic carbocycles. The summed E-state index contributed by atoms with van der Waals surface area (Å²) in [6, 6.07) is 0. The molecule has 1 amide bonds. The average Bonchev–Trinajstić information content (AvgIpc) is 3.18. The average molecular weight is 810 g/mol. The molecule has 10 heteroatoms. The van der Waals surface area contributed by atoms with Crippen molar-refractivity contribution in [3.8, 4) is 0 Å². The van der Waals surface area contributed by atoms with E-state index in [1.54, 1.807) is 0 Å². The highest BCUT2D eigenvalue weighted by atomic mass is 31.2. The largest absolute Gasteiger partial charge is 0.472 e. The molecule has 0 saturated carbocycles. The van der Waals surface area contributed by atoms with Gasteiger partial charge >= 0.3 is 13.8 Å². The number of esters is 1. The summed E-state index contributed by atoms with van der Waals surface area (Å²) in [5.74, 6) is -0.532. The van der Waals surface area contributed by atoms with Crippen LogP contribution in [0.2, 0.25) is 0 Å². The monoisotopic (exact) mass is 810 g/mol. The van der Waals surface area contributed by atoms with E-state index in [4.69, 9.17) is 13.8 Å². The van der Waals surface area contributed by atoms with Crippen LogP contribution in [-0.4, -0.2) is 54.3 Å². The van der Waals surface area contributed by atoms with Gasteiger partial charge in [-0.05, 0) is 77.0 Å². The SMILES string of the molecule is CCCCC/C=C\C/C=C\C/C=C\CCCCCCCCCCC(=O)OCC(O)COP(=O)(O)OCCNC(=O)CCCCCCC/C=C\CCCCCCC. The molecule has 3 N–H and O–H groups in total. The van der Waals surface area contributed by atoms with E-state index >= 15 is 0 Å². The lowest BCUT2D eigenvalue weighted by Crippen LogP contribution is -2.27. The van der Waals surface area contributed by atoms with E-state index in [0.29, 0.717) is 6.42 Å². The summed E-state index contributed by atoms with van der Waals surface area (Å²) < 4.78 is 26.9. The summed E-state index contributed by atoms with van der Waals surface area (Å²) in [6.45, 7) is 3.50. The third-order valence-corrected chi connectivity index (χ3v) is 10.5. The van der Waals surface area contributed by atoms with E-state index in [0.717, 1.165) is 77.0 Å². The molecule has 0 fully saturated rings. The van der Waals surface area contributed by atoms with Gasteiger partial charge in [-0.1, -0.05) is 159 Å². The van der Waals surface area contributed by atoms with Gasteiger partial charge in [0.1, 0.15) is 12.7 Å². The van der Waals surface area contributed by atoms with Crippen LogP contribution in [0.4, 0.5) is 0 Å². The fourth-order valence-electron chi connectivity index (χ4n) is 6.03. The molecule has 0 aromatic rings. The van der Waals surface area contributed by atoms with E-state index in [-0.39, 0.29) is 32.1 Å². The molecule has 2 atom stereocenters. The summed E-state index contributed by atoms with van der Waals surface area (Å²) in [5, 5.41) is 12.7. The van der Waals surface area contributed by atoms with Crippen LogP contribution in [0.3, 0.4) is 0 Å². The molecule has 326 valence electrons. The van der Waals surface area contributed by atoms with E-state index < -0.39 is 26.5 Å². The number of aliphatic hydroxyl groups excluding tert-OH is 1. The highest BCUT2D eigenvalue weighted by Crippen LogP contribution is 2.42. The number of aliphatic hydroxyl groups is 1. The number of hydrogen-bond donors (Lipinski definition) is 3. The summed E-state index contributed by atoms with van der Waals surface area (Å²) in [7, 11) is -4.42. The highest BCUT2D eigenvalue weighted by molar-refractivity contribution is 7.47. The number of phosphoric acid groups is 1. The Balaban J connectivity index is 3.61. The van der Waals surface area contributed by atoms with E-state index in [2.05, 4.69) is 67.8 Å². The van der Waals surface area contributed by atoms with Crippen molar-refractivity contribution in [2.45, 2.75) is 206 Å². The predicted octanol–water partition coefficient (Wildman–Crippen LogP) is 12.7. The molecular formula is C46H84NO8P. The minimum absolute atomic E-state index is 0.0756. The van der Waals surface area contributed by atoms with Crippen molar-refractivity contribution >= 4 is 19.7 Å². The molecule has 9 nitrogen and oxygen atoms in total. The highest BCUT2D eigenvalue weighted by Gasteiger charge is 2.23.